The Balaban J connectivity index is 1.42. The second-order valence-corrected chi connectivity index (χ2v) is 9.58. The van der Waals surface area contributed by atoms with Crippen LogP contribution in [0.4, 0.5) is 10.5 Å². The number of hydrogen-bond donors (Lipinski definition) is 4. The predicted molar refractivity (Wildman–Crippen MR) is 158 cm³/mol. The highest BCUT2D eigenvalue weighted by Gasteiger charge is 2.24. The lowest BCUT2D eigenvalue weighted by Gasteiger charge is -2.20. The SMILES string of the molecule is O=C(O)CCc1ccccc1NC(=O)[C@H](CCCNC(=O)OCc1ccccc1)NC(=O)c1nccc2ccccc12. The highest BCUT2D eigenvalue weighted by Crippen LogP contribution is 2.19. The molecule has 216 valence electrons. The van der Waals surface area contributed by atoms with E-state index in [0.717, 1.165) is 10.9 Å². The molecule has 42 heavy (non-hydrogen) atoms. The van der Waals surface area contributed by atoms with Gasteiger partial charge in [0.15, 0.2) is 0 Å². The Morgan fingerprint density at radius 3 is 2.43 bits per heavy atom. The van der Waals surface area contributed by atoms with Crippen molar-refractivity contribution in [3.8, 4) is 0 Å². The zero-order valence-corrected chi connectivity index (χ0v) is 22.9. The summed E-state index contributed by atoms with van der Waals surface area (Å²) in [6.45, 7) is 0.349. The Hall–Kier alpha value is -5.25. The third-order valence-corrected chi connectivity index (χ3v) is 6.55. The number of para-hydroxylation sites is 1. The van der Waals surface area contributed by atoms with Crippen LogP contribution < -0.4 is 16.0 Å². The molecule has 3 amide bonds. The van der Waals surface area contributed by atoms with E-state index in [2.05, 4.69) is 20.9 Å². The zero-order valence-electron chi connectivity index (χ0n) is 22.9. The number of aliphatic carboxylic acids is 1. The molecule has 0 saturated carbocycles. The number of nitrogens with one attached hydrogen (secondary N) is 3. The first-order valence-corrected chi connectivity index (χ1v) is 13.6. The lowest BCUT2D eigenvalue weighted by atomic mass is 10.1. The van der Waals surface area contributed by atoms with Crippen LogP contribution in [0, 0.1) is 0 Å². The van der Waals surface area contributed by atoms with E-state index in [-0.39, 0.29) is 38.1 Å². The van der Waals surface area contributed by atoms with E-state index in [0.29, 0.717) is 23.1 Å². The lowest BCUT2D eigenvalue weighted by Crippen LogP contribution is -2.44. The molecule has 0 aliphatic heterocycles. The van der Waals surface area contributed by atoms with E-state index in [4.69, 9.17) is 9.84 Å². The molecular weight excluding hydrogens is 536 g/mol. The molecule has 0 unspecified atom stereocenters. The molecule has 3 aromatic carbocycles. The summed E-state index contributed by atoms with van der Waals surface area (Å²) in [7, 11) is 0. The van der Waals surface area contributed by atoms with Gasteiger partial charge in [0.2, 0.25) is 5.91 Å². The Morgan fingerprint density at radius 2 is 1.62 bits per heavy atom. The fraction of sp³-hybridized carbons (Fsp3) is 0.219. The summed E-state index contributed by atoms with van der Waals surface area (Å²) in [4.78, 5) is 54.2. The van der Waals surface area contributed by atoms with Gasteiger partial charge in [0, 0.05) is 30.2 Å². The molecule has 0 radical (unpaired) electrons. The van der Waals surface area contributed by atoms with Gasteiger partial charge < -0.3 is 25.8 Å². The number of alkyl carbamates (subject to hydrolysis) is 1. The molecule has 0 spiro atoms. The number of amides is 3. The molecular formula is C32H32N4O6. The monoisotopic (exact) mass is 568 g/mol. The quantitative estimate of drug-likeness (QED) is 0.171. The Bertz CT molecular complexity index is 1540. The number of benzene rings is 3. The van der Waals surface area contributed by atoms with Gasteiger partial charge in [-0.2, -0.15) is 0 Å². The maximum Gasteiger partial charge on any atom is 0.407 e. The summed E-state index contributed by atoms with van der Waals surface area (Å²) < 4.78 is 5.23. The van der Waals surface area contributed by atoms with Gasteiger partial charge in [-0.25, -0.2) is 4.79 Å². The van der Waals surface area contributed by atoms with Crippen LogP contribution in [0.25, 0.3) is 10.8 Å². The molecule has 0 aliphatic carbocycles. The van der Waals surface area contributed by atoms with Crippen LogP contribution in [-0.4, -0.2) is 46.6 Å². The average molecular weight is 569 g/mol. The molecule has 0 aliphatic rings. The largest absolute Gasteiger partial charge is 0.481 e. The fourth-order valence-corrected chi connectivity index (χ4v) is 4.39. The third-order valence-electron chi connectivity index (χ3n) is 6.55. The van der Waals surface area contributed by atoms with E-state index in [1.165, 1.54) is 6.20 Å². The van der Waals surface area contributed by atoms with Gasteiger partial charge >= 0.3 is 12.1 Å². The van der Waals surface area contributed by atoms with Gasteiger partial charge in [0.05, 0.1) is 0 Å². The number of hydrogen-bond acceptors (Lipinski definition) is 6. The van der Waals surface area contributed by atoms with Crippen LogP contribution >= 0.6 is 0 Å². The van der Waals surface area contributed by atoms with Crippen molar-refractivity contribution in [3.63, 3.8) is 0 Å². The number of anilines is 1. The minimum Gasteiger partial charge on any atom is -0.481 e. The number of carbonyl (C=O) groups excluding carboxylic acids is 3. The number of carbonyl (C=O) groups is 4. The Morgan fingerprint density at radius 1 is 0.881 bits per heavy atom. The summed E-state index contributed by atoms with van der Waals surface area (Å²) in [5.41, 5.74) is 2.18. The average Bonchev–Trinajstić information content (AvgIpc) is 3.01. The minimum absolute atomic E-state index is 0.0914. The zero-order chi connectivity index (χ0) is 29.7. The molecule has 0 fully saturated rings. The van der Waals surface area contributed by atoms with Crippen molar-refractivity contribution in [2.24, 2.45) is 0 Å². The summed E-state index contributed by atoms with van der Waals surface area (Å²) in [6, 6.07) is 24.4. The maximum atomic E-state index is 13.4. The molecule has 1 aromatic heterocycles. The van der Waals surface area contributed by atoms with E-state index in [9.17, 15) is 19.2 Å². The molecule has 10 heteroatoms. The minimum atomic E-state index is -0.965. The second-order valence-electron chi connectivity index (χ2n) is 9.58. The van der Waals surface area contributed by atoms with Crippen LogP contribution in [0.15, 0.2) is 91.1 Å². The topological polar surface area (TPSA) is 147 Å². The number of pyridine rings is 1. The van der Waals surface area contributed by atoms with Crippen LogP contribution in [0.2, 0.25) is 0 Å². The van der Waals surface area contributed by atoms with Gasteiger partial charge in [0.1, 0.15) is 18.3 Å². The standard InChI is InChI=1S/C32H32N4O6/c37-28(38)17-16-24-12-5-7-14-26(24)35-30(39)27(15-8-19-34-32(41)42-21-22-9-2-1-3-10-22)36-31(40)29-25-13-6-4-11-23(25)18-20-33-29/h1-7,9-14,18,20,27H,8,15-17,19,21H2,(H,34,41)(H,35,39)(H,36,40)(H,37,38)/t27-/m0/s1. The first-order chi connectivity index (χ1) is 20.4. The van der Waals surface area contributed by atoms with Crippen LogP contribution in [0.1, 0.15) is 40.9 Å². The van der Waals surface area contributed by atoms with Gasteiger partial charge in [-0.3, -0.25) is 19.4 Å². The van der Waals surface area contributed by atoms with Gasteiger partial charge in [-0.15, -0.1) is 0 Å². The van der Waals surface area contributed by atoms with Gasteiger partial charge in [0.25, 0.3) is 5.91 Å². The van der Waals surface area contributed by atoms with E-state index >= 15 is 0 Å². The first-order valence-electron chi connectivity index (χ1n) is 13.6. The third kappa shape index (κ3) is 8.62. The van der Waals surface area contributed by atoms with Crippen molar-refractivity contribution in [2.75, 3.05) is 11.9 Å². The number of aryl methyl sites for hydroxylation is 1. The smallest absolute Gasteiger partial charge is 0.407 e. The molecule has 4 rings (SSSR count). The molecule has 0 saturated heterocycles. The van der Waals surface area contributed by atoms with Crippen molar-refractivity contribution >= 4 is 40.3 Å². The molecule has 10 nitrogen and oxygen atoms in total. The van der Waals surface area contributed by atoms with E-state index in [1.807, 2.05) is 48.5 Å². The number of nitrogens with zero attached hydrogens (tertiary/aromatic N) is 1. The number of rotatable bonds is 13. The molecule has 4 aromatic rings. The number of ether oxygens (including phenoxy) is 1. The van der Waals surface area contributed by atoms with Gasteiger partial charge in [-0.05, 0) is 47.9 Å². The number of aromatic nitrogens is 1. The maximum absolute atomic E-state index is 13.4. The molecule has 4 N–H and O–H groups in total. The second kappa shape index (κ2) is 14.9. The predicted octanol–water partition coefficient (Wildman–Crippen LogP) is 4.70. The van der Waals surface area contributed by atoms with Crippen molar-refractivity contribution in [2.45, 2.75) is 38.3 Å². The molecule has 0 bridgehead atoms. The van der Waals surface area contributed by atoms with E-state index in [1.54, 1.807) is 36.4 Å². The summed E-state index contributed by atoms with van der Waals surface area (Å²) in [6.07, 6.45) is 1.66. The normalized spacial score (nSPS) is 11.3. The number of carboxylic acids is 1. The van der Waals surface area contributed by atoms with Crippen molar-refractivity contribution in [3.05, 3.63) is 108 Å². The summed E-state index contributed by atoms with van der Waals surface area (Å²) in [5, 5.41) is 18.9. The highest BCUT2D eigenvalue weighted by atomic mass is 16.5. The Labute approximate surface area is 243 Å². The summed E-state index contributed by atoms with van der Waals surface area (Å²) >= 11 is 0. The molecule has 1 heterocycles. The number of carboxylic acid groups (broad SMARTS) is 1. The number of fused-ring (bicyclic) bond motifs is 1. The van der Waals surface area contributed by atoms with Crippen molar-refractivity contribution in [1.82, 2.24) is 15.6 Å². The highest BCUT2D eigenvalue weighted by molar-refractivity contribution is 6.07. The van der Waals surface area contributed by atoms with Crippen LogP contribution in [0.5, 0.6) is 0 Å². The fourth-order valence-electron chi connectivity index (χ4n) is 4.39. The first kappa shape index (κ1) is 29.7. The van der Waals surface area contributed by atoms with Crippen LogP contribution in [-0.2, 0) is 27.4 Å². The molecule has 1 atom stereocenters. The van der Waals surface area contributed by atoms with Crippen molar-refractivity contribution < 1.29 is 29.0 Å². The van der Waals surface area contributed by atoms with E-state index < -0.39 is 29.9 Å². The lowest BCUT2D eigenvalue weighted by molar-refractivity contribution is -0.137. The van der Waals surface area contributed by atoms with Gasteiger partial charge in [-0.1, -0.05) is 72.8 Å². The summed E-state index contributed by atoms with van der Waals surface area (Å²) in [5.74, 6) is -1.93. The van der Waals surface area contributed by atoms with Crippen LogP contribution in [0.3, 0.4) is 0 Å². The Kier molecular flexibility index (Phi) is 10.6. The van der Waals surface area contributed by atoms with Crippen molar-refractivity contribution in [1.29, 1.82) is 0 Å².